The molecule has 0 radical (unpaired) electrons. The molecule has 0 aromatic carbocycles. The number of nitrogens with zero attached hydrogens (tertiary/aromatic N) is 4. The SMILES string of the molecule is CC(C)N1CCC[C@@]2(CCN(Cc3cnc(N4CCOCC4)s3)C2)C1=O. The molecule has 3 aliphatic rings. The van der Waals surface area contributed by atoms with Crippen LogP contribution in [0, 0.1) is 5.41 Å². The molecule has 0 aliphatic carbocycles. The van der Waals surface area contributed by atoms with E-state index in [0.717, 1.165) is 76.9 Å². The van der Waals surface area contributed by atoms with Crippen molar-refractivity contribution in [2.75, 3.05) is 50.8 Å². The van der Waals surface area contributed by atoms with E-state index in [9.17, 15) is 4.79 Å². The second-order valence-electron chi connectivity index (χ2n) is 8.15. The first-order valence-corrected chi connectivity index (χ1v) is 10.7. The van der Waals surface area contributed by atoms with Crippen LogP contribution in [0.1, 0.15) is 38.0 Å². The molecule has 4 rings (SSSR count). The van der Waals surface area contributed by atoms with Crippen LogP contribution >= 0.6 is 11.3 Å². The van der Waals surface area contributed by atoms with Crippen LogP contribution in [0.5, 0.6) is 0 Å². The molecule has 1 aromatic rings. The van der Waals surface area contributed by atoms with E-state index in [1.165, 1.54) is 4.88 Å². The Morgan fingerprint density at radius 1 is 1.23 bits per heavy atom. The van der Waals surface area contributed by atoms with E-state index in [1.807, 2.05) is 6.20 Å². The smallest absolute Gasteiger partial charge is 0.230 e. The minimum absolute atomic E-state index is 0.139. The van der Waals surface area contributed by atoms with Crippen molar-refractivity contribution in [3.05, 3.63) is 11.1 Å². The average molecular weight is 379 g/mol. The number of hydrogen-bond donors (Lipinski definition) is 0. The molecule has 0 bridgehead atoms. The third kappa shape index (κ3) is 3.49. The van der Waals surface area contributed by atoms with Gasteiger partial charge in [-0.25, -0.2) is 4.98 Å². The van der Waals surface area contributed by atoms with Crippen molar-refractivity contribution in [2.45, 2.75) is 45.7 Å². The summed E-state index contributed by atoms with van der Waals surface area (Å²) in [5.74, 6) is 0.388. The molecule has 1 spiro atoms. The first-order valence-electron chi connectivity index (χ1n) is 9.88. The van der Waals surface area contributed by atoms with Crippen LogP contribution in [0.2, 0.25) is 0 Å². The second kappa shape index (κ2) is 7.44. The molecule has 0 unspecified atom stereocenters. The molecule has 0 saturated carbocycles. The molecular formula is C19H30N4O2S. The van der Waals surface area contributed by atoms with Gasteiger partial charge in [0.25, 0.3) is 0 Å². The van der Waals surface area contributed by atoms with E-state index < -0.39 is 0 Å². The van der Waals surface area contributed by atoms with Crippen molar-refractivity contribution in [1.82, 2.24) is 14.8 Å². The molecule has 144 valence electrons. The molecule has 6 nitrogen and oxygen atoms in total. The van der Waals surface area contributed by atoms with Gasteiger partial charge in [0.1, 0.15) is 0 Å². The molecule has 0 N–H and O–H groups in total. The van der Waals surface area contributed by atoms with E-state index in [4.69, 9.17) is 4.74 Å². The molecular weight excluding hydrogens is 348 g/mol. The Hall–Kier alpha value is -1.18. The Kier molecular flexibility index (Phi) is 5.21. The lowest BCUT2D eigenvalue weighted by Crippen LogP contribution is -2.52. The quantitative estimate of drug-likeness (QED) is 0.804. The summed E-state index contributed by atoms with van der Waals surface area (Å²) in [5, 5.41) is 1.11. The lowest BCUT2D eigenvalue weighted by Gasteiger charge is -2.41. The highest BCUT2D eigenvalue weighted by Gasteiger charge is 2.48. The van der Waals surface area contributed by atoms with E-state index in [-0.39, 0.29) is 5.41 Å². The first kappa shape index (κ1) is 18.2. The van der Waals surface area contributed by atoms with Gasteiger partial charge in [0.15, 0.2) is 5.13 Å². The number of piperidine rings is 1. The molecule has 3 aliphatic heterocycles. The normalized spacial score (nSPS) is 27.9. The highest BCUT2D eigenvalue weighted by Crippen LogP contribution is 2.41. The van der Waals surface area contributed by atoms with Crippen LogP contribution in [-0.4, -0.2) is 72.7 Å². The number of rotatable bonds is 4. The van der Waals surface area contributed by atoms with Gasteiger partial charge in [-0.05, 0) is 39.7 Å². The maximum absolute atomic E-state index is 13.1. The predicted molar refractivity (Wildman–Crippen MR) is 104 cm³/mol. The highest BCUT2D eigenvalue weighted by molar-refractivity contribution is 7.15. The summed E-state index contributed by atoms with van der Waals surface area (Å²) in [6.45, 7) is 11.5. The summed E-state index contributed by atoms with van der Waals surface area (Å²) in [5.41, 5.74) is -0.139. The molecule has 1 aromatic heterocycles. The number of amides is 1. The van der Waals surface area contributed by atoms with E-state index >= 15 is 0 Å². The van der Waals surface area contributed by atoms with E-state index in [0.29, 0.717) is 11.9 Å². The van der Waals surface area contributed by atoms with Gasteiger partial charge >= 0.3 is 0 Å². The number of likely N-dealkylation sites (tertiary alicyclic amines) is 2. The third-order valence-electron chi connectivity index (χ3n) is 6.03. The zero-order valence-corrected chi connectivity index (χ0v) is 16.8. The molecule has 3 saturated heterocycles. The van der Waals surface area contributed by atoms with Gasteiger partial charge in [-0.15, -0.1) is 11.3 Å². The van der Waals surface area contributed by atoms with Crippen LogP contribution < -0.4 is 4.90 Å². The average Bonchev–Trinajstić information content (AvgIpc) is 3.26. The van der Waals surface area contributed by atoms with Gasteiger partial charge in [0.2, 0.25) is 5.91 Å². The first-order chi connectivity index (χ1) is 12.6. The van der Waals surface area contributed by atoms with Crippen molar-refractivity contribution in [3.63, 3.8) is 0 Å². The number of hydrogen-bond acceptors (Lipinski definition) is 6. The fraction of sp³-hybridized carbons (Fsp3) is 0.789. The Balaban J connectivity index is 1.38. The number of anilines is 1. The third-order valence-corrected chi connectivity index (χ3v) is 7.07. The fourth-order valence-electron chi connectivity index (χ4n) is 4.56. The molecule has 1 atom stereocenters. The van der Waals surface area contributed by atoms with Gasteiger partial charge in [0.05, 0.1) is 18.6 Å². The summed E-state index contributed by atoms with van der Waals surface area (Å²) in [6.07, 6.45) is 5.21. The van der Waals surface area contributed by atoms with Crippen molar-refractivity contribution >= 4 is 22.4 Å². The van der Waals surface area contributed by atoms with Gasteiger partial charge in [-0.3, -0.25) is 9.69 Å². The Labute approximate surface area is 160 Å². The molecule has 3 fully saturated rings. The second-order valence-corrected chi connectivity index (χ2v) is 9.24. The van der Waals surface area contributed by atoms with Crippen LogP contribution in [0.15, 0.2) is 6.20 Å². The molecule has 7 heteroatoms. The summed E-state index contributed by atoms with van der Waals surface area (Å²) < 4.78 is 5.43. The molecule has 4 heterocycles. The van der Waals surface area contributed by atoms with Gasteiger partial charge in [-0.1, -0.05) is 0 Å². The maximum atomic E-state index is 13.1. The number of thiazole rings is 1. The number of carbonyl (C=O) groups is 1. The summed E-state index contributed by atoms with van der Waals surface area (Å²) >= 11 is 1.79. The Bertz CT molecular complexity index is 643. The maximum Gasteiger partial charge on any atom is 0.230 e. The number of ether oxygens (including phenoxy) is 1. The fourth-order valence-corrected chi connectivity index (χ4v) is 5.56. The van der Waals surface area contributed by atoms with Crippen molar-refractivity contribution in [2.24, 2.45) is 5.41 Å². The van der Waals surface area contributed by atoms with Crippen LogP contribution in [0.3, 0.4) is 0 Å². The van der Waals surface area contributed by atoms with E-state index in [1.54, 1.807) is 11.3 Å². The predicted octanol–water partition coefficient (Wildman–Crippen LogP) is 2.20. The zero-order chi connectivity index (χ0) is 18.1. The van der Waals surface area contributed by atoms with Crippen molar-refractivity contribution in [3.8, 4) is 0 Å². The van der Waals surface area contributed by atoms with E-state index in [2.05, 4.69) is 33.5 Å². The number of morpholine rings is 1. The topological polar surface area (TPSA) is 48.9 Å². The van der Waals surface area contributed by atoms with Gasteiger partial charge in [-0.2, -0.15) is 0 Å². The summed E-state index contributed by atoms with van der Waals surface area (Å²) in [4.78, 5) is 25.9. The largest absolute Gasteiger partial charge is 0.378 e. The van der Waals surface area contributed by atoms with Crippen molar-refractivity contribution < 1.29 is 9.53 Å². The van der Waals surface area contributed by atoms with Crippen LogP contribution in [0.4, 0.5) is 5.13 Å². The monoisotopic (exact) mass is 378 g/mol. The molecule has 1 amide bonds. The highest BCUT2D eigenvalue weighted by atomic mass is 32.1. The standard InChI is InChI=1S/C19H30N4O2S/c1-15(2)23-6-3-4-19(17(23)24)5-7-21(14-19)13-16-12-20-18(26-16)22-8-10-25-11-9-22/h12,15H,3-11,13-14H2,1-2H3/t19-/m0/s1. The number of aromatic nitrogens is 1. The lowest BCUT2D eigenvalue weighted by molar-refractivity contribution is -0.147. The zero-order valence-electron chi connectivity index (χ0n) is 15.9. The molecule has 26 heavy (non-hydrogen) atoms. The van der Waals surface area contributed by atoms with Crippen molar-refractivity contribution in [1.29, 1.82) is 0 Å². The lowest BCUT2D eigenvalue weighted by atomic mass is 9.78. The summed E-state index contributed by atoms with van der Waals surface area (Å²) in [7, 11) is 0. The Morgan fingerprint density at radius 2 is 2.04 bits per heavy atom. The van der Waals surface area contributed by atoms with Crippen LogP contribution in [0.25, 0.3) is 0 Å². The summed E-state index contributed by atoms with van der Waals surface area (Å²) in [6, 6.07) is 0.311. The Morgan fingerprint density at radius 3 is 2.81 bits per heavy atom. The minimum atomic E-state index is -0.139. The van der Waals surface area contributed by atoms with Gasteiger partial charge < -0.3 is 14.5 Å². The number of carbonyl (C=O) groups excluding carboxylic acids is 1. The van der Waals surface area contributed by atoms with Gasteiger partial charge in [0, 0.05) is 49.8 Å². The van der Waals surface area contributed by atoms with Crippen LogP contribution in [-0.2, 0) is 16.1 Å². The minimum Gasteiger partial charge on any atom is -0.378 e.